The van der Waals surface area contributed by atoms with Crippen LogP contribution >= 0.6 is 11.8 Å². The summed E-state index contributed by atoms with van der Waals surface area (Å²) in [6.07, 6.45) is -0.134. The van der Waals surface area contributed by atoms with E-state index in [2.05, 4.69) is 0 Å². The number of hydrogen-bond acceptors (Lipinski definition) is 6. The summed E-state index contributed by atoms with van der Waals surface area (Å²) in [5, 5.41) is 27.9. The molecule has 7 nitrogen and oxygen atoms in total. The van der Waals surface area contributed by atoms with Crippen LogP contribution in [0.5, 0.6) is 11.5 Å². The lowest BCUT2D eigenvalue weighted by atomic mass is 10.0. The van der Waals surface area contributed by atoms with Crippen LogP contribution in [0.15, 0.2) is 18.2 Å². The first-order chi connectivity index (χ1) is 9.90. The Morgan fingerprint density at radius 2 is 1.81 bits per heavy atom. The number of carbonyl (C=O) groups is 3. The number of thioether (sulfide) groups is 1. The SMILES string of the molecule is O=C(O)C(Cc1ccc(O)c(O)c1)N1C(=O)CSCC1=O. The third-order valence-corrected chi connectivity index (χ3v) is 3.96. The van der Waals surface area contributed by atoms with Gasteiger partial charge >= 0.3 is 5.97 Å². The number of aliphatic carboxylic acids is 1. The van der Waals surface area contributed by atoms with E-state index < -0.39 is 23.8 Å². The lowest BCUT2D eigenvalue weighted by molar-refractivity contribution is -0.156. The zero-order valence-corrected chi connectivity index (χ0v) is 11.7. The molecule has 1 unspecified atom stereocenters. The van der Waals surface area contributed by atoms with Crippen molar-refractivity contribution >= 4 is 29.5 Å². The van der Waals surface area contributed by atoms with Crippen LogP contribution in [-0.2, 0) is 20.8 Å². The second-order valence-corrected chi connectivity index (χ2v) is 5.52. The highest BCUT2D eigenvalue weighted by atomic mass is 32.2. The fourth-order valence-electron chi connectivity index (χ4n) is 2.06. The lowest BCUT2D eigenvalue weighted by Gasteiger charge is -2.30. The van der Waals surface area contributed by atoms with Gasteiger partial charge in [0.2, 0.25) is 11.8 Å². The lowest BCUT2D eigenvalue weighted by Crippen LogP contribution is -2.53. The van der Waals surface area contributed by atoms with Gasteiger partial charge in [-0.25, -0.2) is 4.79 Å². The molecule has 8 heteroatoms. The molecule has 2 rings (SSSR count). The molecule has 1 heterocycles. The van der Waals surface area contributed by atoms with Gasteiger partial charge in [-0.2, -0.15) is 0 Å². The predicted molar refractivity (Wildman–Crippen MR) is 74.1 cm³/mol. The molecule has 3 N–H and O–H groups in total. The molecule has 2 amide bonds. The van der Waals surface area contributed by atoms with Gasteiger partial charge in [0.1, 0.15) is 6.04 Å². The number of carbonyl (C=O) groups excluding carboxylic acids is 2. The number of phenols is 2. The van der Waals surface area contributed by atoms with Crippen molar-refractivity contribution in [2.24, 2.45) is 0 Å². The Balaban J connectivity index is 2.26. The summed E-state index contributed by atoms with van der Waals surface area (Å²) in [6, 6.07) is 2.53. The second-order valence-electron chi connectivity index (χ2n) is 4.53. The van der Waals surface area contributed by atoms with Gasteiger partial charge in [-0.05, 0) is 17.7 Å². The van der Waals surface area contributed by atoms with Crippen LogP contribution < -0.4 is 0 Å². The predicted octanol–water partition coefficient (Wildman–Crippen LogP) is 0.196. The van der Waals surface area contributed by atoms with Crippen molar-refractivity contribution in [2.45, 2.75) is 12.5 Å². The molecular weight excluding hydrogens is 298 g/mol. The molecule has 1 aliphatic rings. The summed E-state index contributed by atoms with van der Waals surface area (Å²) >= 11 is 1.15. The van der Waals surface area contributed by atoms with Crippen molar-refractivity contribution in [3.8, 4) is 11.5 Å². The number of imide groups is 1. The van der Waals surface area contributed by atoms with E-state index in [1.165, 1.54) is 18.2 Å². The average Bonchev–Trinajstić information content (AvgIpc) is 2.41. The Labute approximate surface area is 124 Å². The highest BCUT2D eigenvalue weighted by Crippen LogP contribution is 2.26. The number of amides is 2. The first-order valence-corrected chi connectivity index (χ1v) is 7.22. The highest BCUT2D eigenvalue weighted by Gasteiger charge is 2.37. The van der Waals surface area contributed by atoms with Crippen molar-refractivity contribution < 1.29 is 29.7 Å². The molecule has 0 saturated carbocycles. The normalized spacial score (nSPS) is 16.9. The van der Waals surface area contributed by atoms with E-state index in [0.29, 0.717) is 5.56 Å². The number of carboxylic acids is 1. The molecule has 1 aliphatic heterocycles. The smallest absolute Gasteiger partial charge is 0.327 e. The van der Waals surface area contributed by atoms with E-state index in [-0.39, 0.29) is 29.4 Å². The molecule has 1 atom stereocenters. The molecule has 1 aromatic carbocycles. The summed E-state index contributed by atoms with van der Waals surface area (Å²) in [5.74, 6) is -2.95. The molecule has 0 aromatic heterocycles. The summed E-state index contributed by atoms with van der Waals surface area (Å²) in [4.78, 5) is 35.7. The van der Waals surface area contributed by atoms with Crippen LogP contribution in [0.1, 0.15) is 5.56 Å². The molecule has 1 saturated heterocycles. The van der Waals surface area contributed by atoms with E-state index in [4.69, 9.17) is 0 Å². The van der Waals surface area contributed by atoms with Crippen LogP contribution in [0.25, 0.3) is 0 Å². The largest absolute Gasteiger partial charge is 0.504 e. The highest BCUT2D eigenvalue weighted by molar-refractivity contribution is 8.00. The van der Waals surface area contributed by atoms with Gasteiger partial charge in [0.25, 0.3) is 0 Å². The van der Waals surface area contributed by atoms with E-state index in [0.717, 1.165) is 16.7 Å². The maximum Gasteiger partial charge on any atom is 0.327 e. The second kappa shape index (κ2) is 6.04. The van der Waals surface area contributed by atoms with Gasteiger partial charge in [-0.1, -0.05) is 6.07 Å². The van der Waals surface area contributed by atoms with E-state index in [1.807, 2.05) is 0 Å². The number of phenolic OH excluding ortho intramolecular Hbond substituents is 2. The summed E-state index contributed by atoms with van der Waals surface area (Å²) in [5.41, 5.74) is 0.400. The fraction of sp³-hybridized carbons (Fsp3) is 0.308. The molecule has 0 radical (unpaired) electrons. The van der Waals surface area contributed by atoms with E-state index >= 15 is 0 Å². The van der Waals surface area contributed by atoms with Gasteiger partial charge in [-0.15, -0.1) is 11.8 Å². The third kappa shape index (κ3) is 3.27. The third-order valence-electron chi connectivity index (χ3n) is 3.05. The maximum absolute atomic E-state index is 11.8. The number of nitrogens with zero attached hydrogens (tertiary/aromatic N) is 1. The van der Waals surface area contributed by atoms with Crippen LogP contribution in [0.3, 0.4) is 0 Å². The molecule has 21 heavy (non-hydrogen) atoms. The van der Waals surface area contributed by atoms with Gasteiger partial charge in [0.15, 0.2) is 11.5 Å². The first kappa shape index (κ1) is 15.2. The van der Waals surface area contributed by atoms with E-state index in [9.17, 15) is 29.7 Å². The Morgan fingerprint density at radius 1 is 1.19 bits per heavy atom. The zero-order valence-electron chi connectivity index (χ0n) is 10.9. The Morgan fingerprint density at radius 3 is 2.33 bits per heavy atom. The minimum atomic E-state index is -1.32. The van der Waals surface area contributed by atoms with Gasteiger partial charge in [-0.3, -0.25) is 14.5 Å². The van der Waals surface area contributed by atoms with Crippen molar-refractivity contribution in [2.75, 3.05) is 11.5 Å². The van der Waals surface area contributed by atoms with Crippen molar-refractivity contribution in [1.82, 2.24) is 4.90 Å². The minimum absolute atomic E-state index is 0.0658. The summed E-state index contributed by atoms with van der Waals surface area (Å²) in [6.45, 7) is 0. The zero-order chi connectivity index (χ0) is 15.6. The molecule has 1 aromatic rings. The van der Waals surface area contributed by atoms with Crippen molar-refractivity contribution in [1.29, 1.82) is 0 Å². The first-order valence-electron chi connectivity index (χ1n) is 6.06. The topological polar surface area (TPSA) is 115 Å². The number of rotatable bonds is 4. The Kier molecular flexibility index (Phi) is 4.37. The monoisotopic (exact) mass is 311 g/mol. The molecule has 1 fully saturated rings. The van der Waals surface area contributed by atoms with Gasteiger partial charge in [0, 0.05) is 6.42 Å². The molecule has 0 aliphatic carbocycles. The quantitative estimate of drug-likeness (QED) is 0.537. The van der Waals surface area contributed by atoms with Crippen LogP contribution in [0.2, 0.25) is 0 Å². The van der Waals surface area contributed by atoms with Crippen LogP contribution in [0, 0.1) is 0 Å². The number of aromatic hydroxyl groups is 2. The van der Waals surface area contributed by atoms with Gasteiger partial charge in [0.05, 0.1) is 11.5 Å². The maximum atomic E-state index is 11.8. The summed E-state index contributed by atoms with van der Waals surface area (Å²) in [7, 11) is 0. The van der Waals surface area contributed by atoms with Crippen LogP contribution in [0.4, 0.5) is 0 Å². The Hall–Kier alpha value is -2.22. The summed E-state index contributed by atoms with van der Waals surface area (Å²) < 4.78 is 0. The molecule has 0 spiro atoms. The standard InChI is InChI=1S/C13H13NO6S/c15-9-2-1-7(4-10(9)16)3-8(13(19)20)14-11(17)5-21-6-12(14)18/h1-2,4,8,15-16H,3,5-6H2,(H,19,20). The molecule has 0 bridgehead atoms. The molecule has 112 valence electrons. The fourth-order valence-corrected chi connectivity index (χ4v) is 2.79. The van der Waals surface area contributed by atoms with Crippen LogP contribution in [-0.4, -0.2) is 55.6 Å². The van der Waals surface area contributed by atoms with Gasteiger partial charge < -0.3 is 15.3 Å². The minimum Gasteiger partial charge on any atom is -0.504 e. The molecular formula is C13H13NO6S. The number of hydrogen-bond donors (Lipinski definition) is 3. The van der Waals surface area contributed by atoms with E-state index in [1.54, 1.807) is 0 Å². The number of carboxylic acid groups (broad SMARTS) is 1. The average molecular weight is 311 g/mol. The number of benzene rings is 1. The van der Waals surface area contributed by atoms with Crippen molar-refractivity contribution in [3.05, 3.63) is 23.8 Å². The Bertz CT molecular complexity index is 586. The van der Waals surface area contributed by atoms with Crippen molar-refractivity contribution in [3.63, 3.8) is 0 Å².